The normalized spacial score (nSPS) is 13.7. The van der Waals surface area contributed by atoms with E-state index in [1.165, 1.54) is 11.3 Å². The first-order valence-electron chi connectivity index (χ1n) is 8.01. The van der Waals surface area contributed by atoms with Gasteiger partial charge in [-0.1, -0.05) is 6.07 Å². The Kier molecular flexibility index (Phi) is 4.15. The van der Waals surface area contributed by atoms with Crippen molar-refractivity contribution in [1.29, 1.82) is 0 Å². The van der Waals surface area contributed by atoms with Crippen LogP contribution in [0.5, 0.6) is 5.75 Å². The fourth-order valence-electron chi connectivity index (χ4n) is 2.72. The van der Waals surface area contributed by atoms with Gasteiger partial charge in [-0.25, -0.2) is 15.0 Å². The van der Waals surface area contributed by atoms with Crippen LogP contribution in [-0.2, 0) is 0 Å². The van der Waals surface area contributed by atoms with Crippen LogP contribution in [-0.4, -0.2) is 34.0 Å². The third kappa shape index (κ3) is 3.10. The molecule has 7 heteroatoms. The van der Waals surface area contributed by atoms with Crippen molar-refractivity contribution in [3.05, 3.63) is 53.3 Å². The molecule has 0 aliphatic carbocycles. The largest absolute Gasteiger partial charge is 0.491 e. The van der Waals surface area contributed by atoms with Gasteiger partial charge >= 0.3 is 0 Å². The Bertz CT molecular complexity index is 910. The highest BCUT2D eigenvalue weighted by molar-refractivity contribution is 7.16. The maximum Gasteiger partial charge on any atom is 0.270 e. The number of fused-ring (bicyclic) bond motifs is 1. The molecule has 1 aromatic carbocycles. The number of carbonyl (C=O) groups is 1. The van der Waals surface area contributed by atoms with Gasteiger partial charge in [0.1, 0.15) is 10.6 Å². The number of aromatic nitrogens is 3. The Labute approximate surface area is 149 Å². The highest BCUT2D eigenvalue weighted by atomic mass is 32.1. The van der Waals surface area contributed by atoms with Gasteiger partial charge in [0.05, 0.1) is 18.5 Å². The van der Waals surface area contributed by atoms with E-state index in [9.17, 15) is 4.79 Å². The lowest BCUT2D eigenvalue weighted by atomic mass is 10.2. The lowest BCUT2D eigenvalue weighted by molar-refractivity contribution is 0.0991. The molecule has 0 spiro atoms. The van der Waals surface area contributed by atoms with Gasteiger partial charge in [-0.2, -0.15) is 0 Å². The summed E-state index contributed by atoms with van der Waals surface area (Å²) in [5.41, 5.74) is 1.90. The van der Waals surface area contributed by atoms with Gasteiger partial charge in [-0.05, 0) is 37.1 Å². The molecule has 0 atom stereocenters. The molecule has 0 N–H and O–H groups in total. The zero-order chi connectivity index (χ0) is 17.2. The molecule has 1 aliphatic rings. The SMILES string of the molecule is Cc1ccc2c(c1)N(C(=O)c1cnc(-c3ncccn3)s1)CCCO2. The number of thiazole rings is 1. The van der Waals surface area contributed by atoms with Crippen molar-refractivity contribution >= 4 is 22.9 Å². The van der Waals surface area contributed by atoms with Crippen LogP contribution >= 0.6 is 11.3 Å². The second-order valence-electron chi connectivity index (χ2n) is 5.73. The van der Waals surface area contributed by atoms with E-state index in [-0.39, 0.29) is 5.91 Å². The van der Waals surface area contributed by atoms with Crippen LogP contribution in [0.1, 0.15) is 21.7 Å². The molecular formula is C18H16N4O2S. The van der Waals surface area contributed by atoms with E-state index in [0.29, 0.717) is 28.9 Å². The Morgan fingerprint density at radius 1 is 1.24 bits per heavy atom. The Balaban J connectivity index is 1.68. The summed E-state index contributed by atoms with van der Waals surface area (Å²) in [4.78, 5) is 28.1. The monoisotopic (exact) mass is 352 g/mol. The van der Waals surface area contributed by atoms with Crippen LogP contribution in [0.15, 0.2) is 42.9 Å². The third-order valence-electron chi connectivity index (χ3n) is 3.91. The van der Waals surface area contributed by atoms with Crippen molar-refractivity contribution in [2.75, 3.05) is 18.1 Å². The summed E-state index contributed by atoms with van der Waals surface area (Å²) in [6.45, 7) is 3.22. The molecule has 0 radical (unpaired) electrons. The van der Waals surface area contributed by atoms with Gasteiger partial charge in [0.2, 0.25) is 0 Å². The molecule has 0 saturated heterocycles. The van der Waals surface area contributed by atoms with Crippen LogP contribution in [0.4, 0.5) is 5.69 Å². The van der Waals surface area contributed by atoms with E-state index in [0.717, 1.165) is 23.4 Å². The maximum atomic E-state index is 13.1. The number of rotatable bonds is 2. The fraction of sp³-hybridized carbons (Fsp3) is 0.222. The van der Waals surface area contributed by atoms with E-state index in [1.807, 2.05) is 25.1 Å². The molecule has 25 heavy (non-hydrogen) atoms. The van der Waals surface area contributed by atoms with Gasteiger partial charge in [0, 0.05) is 18.9 Å². The zero-order valence-electron chi connectivity index (χ0n) is 13.7. The number of carbonyl (C=O) groups excluding carboxylic acids is 1. The summed E-state index contributed by atoms with van der Waals surface area (Å²) in [6, 6.07) is 7.65. The molecule has 6 nitrogen and oxygen atoms in total. The summed E-state index contributed by atoms with van der Waals surface area (Å²) in [5, 5.41) is 0.638. The minimum absolute atomic E-state index is 0.0722. The van der Waals surface area contributed by atoms with E-state index >= 15 is 0 Å². The molecule has 2 aromatic heterocycles. The topological polar surface area (TPSA) is 68.2 Å². The predicted octanol–water partition coefficient (Wildman–Crippen LogP) is 3.34. The average Bonchev–Trinajstić information content (AvgIpc) is 3.04. The molecule has 1 aliphatic heterocycles. The molecule has 3 aromatic rings. The number of nitrogens with zero attached hydrogens (tertiary/aromatic N) is 4. The van der Waals surface area contributed by atoms with Crippen LogP contribution in [0.2, 0.25) is 0 Å². The fourth-order valence-corrected chi connectivity index (χ4v) is 3.53. The van der Waals surface area contributed by atoms with Crippen molar-refractivity contribution < 1.29 is 9.53 Å². The summed E-state index contributed by atoms with van der Waals surface area (Å²) in [7, 11) is 0. The summed E-state index contributed by atoms with van der Waals surface area (Å²) >= 11 is 1.31. The first-order valence-corrected chi connectivity index (χ1v) is 8.82. The molecule has 3 heterocycles. The second-order valence-corrected chi connectivity index (χ2v) is 6.76. The molecule has 1 amide bonds. The highest BCUT2D eigenvalue weighted by Gasteiger charge is 2.25. The van der Waals surface area contributed by atoms with Crippen molar-refractivity contribution in [2.45, 2.75) is 13.3 Å². The Morgan fingerprint density at radius 2 is 2.08 bits per heavy atom. The predicted molar refractivity (Wildman–Crippen MR) is 96.1 cm³/mol. The lowest BCUT2D eigenvalue weighted by Crippen LogP contribution is -2.30. The average molecular weight is 352 g/mol. The first-order chi connectivity index (χ1) is 12.2. The number of hydrogen-bond acceptors (Lipinski definition) is 6. The minimum Gasteiger partial charge on any atom is -0.491 e. The first kappa shape index (κ1) is 15.7. The summed E-state index contributed by atoms with van der Waals surface area (Å²) < 4.78 is 5.77. The van der Waals surface area contributed by atoms with E-state index < -0.39 is 0 Å². The molecule has 4 rings (SSSR count). The quantitative estimate of drug-likeness (QED) is 0.707. The molecule has 0 fully saturated rings. The molecule has 126 valence electrons. The van der Waals surface area contributed by atoms with E-state index in [1.54, 1.807) is 29.6 Å². The Morgan fingerprint density at radius 3 is 2.92 bits per heavy atom. The van der Waals surface area contributed by atoms with Crippen LogP contribution in [0.3, 0.4) is 0 Å². The van der Waals surface area contributed by atoms with Gasteiger partial charge in [0.25, 0.3) is 5.91 Å². The highest BCUT2D eigenvalue weighted by Crippen LogP contribution is 2.34. The molecule has 0 unspecified atom stereocenters. The lowest BCUT2D eigenvalue weighted by Gasteiger charge is -2.21. The van der Waals surface area contributed by atoms with Crippen molar-refractivity contribution in [3.8, 4) is 16.6 Å². The van der Waals surface area contributed by atoms with Crippen LogP contribution in [0, 0.1) is 6.92 Å². The number of amides is 1. The minimum atomic E-state index is -0.0722. The Hall–Kier alpha value is -2.80. The van der Waals surface area contributed by atoms with E-state index in [4.69, 9.17) is 4.74 Å². The number of aryl methyl sites for hydroxylation is 1. The van der Waals surface area contributed by atoms with Crippen LogP contribution in [0.25, 0.3) is 10.8 Å². The van der Waals surface area contributed by atoms with E-state index in [2.05, 4.69) is 15.0 Å². The summed E-state index contributed by atoms with van der Waals surface area (Å²) in [6.07, 6.45) is 5.71. The number of hydrogen-bond donors (Lipinski definition) is 0. The van der Waals surface area contributed by atoms with Crippen molar-refractivity contribution in [2.24, 2.45) is 0 Å². The summed E-state index contributed by atoms with van der Waals surface area (Å²) in [5.74, 6) is 1.20. The number of benzene rings is 1. The molecule has 0 saturated carbocycles. The van der Waals surface area contributed by atoms with Gasteiger partial charge in [0.15, 0.2) is 10.8 Å². The second kappa shape index (κ2) is 6.60. The van der Waals surface area contributed by atoms with Gasteiger partial charge in [-0.3, -0.25) is 4.79 Å². The molecule has 0 bridgehead atoms. The zero-order valence-corrected chi connectivity index (χ0v) is 14.5. The van der Waals surface area contributed by atoms with Crippen LogP contribution < -0.4 is 9.64 Å². The third-order valence-corrected chi connectivity index (χ3v) is 4.89. The van der Waals surface area contributed by atoms with Gasteiger partial charge < -0.3 is 9.64 Å². The van der Waals surface area contributed by atoms with Crippen molar-refractivity contribution in [3.63, 3.8) is 0 Å². The standard InChI is InChI=1S/C18H16N4O2S/c1-12-4-5-14-13(10-12)22(8-3-9-24-14)18(23)15-11-21-17(25-15)16-19-6-2-7-20-16/h2,4-7,10-11H,3,8-9H2,1H3. The van der Waals surface area contributed by atoms with Crippen molar-refractivity contribution in [1.82, 2.24) is 15.0 Å². The maximum absolute atomic E-state index is 13.1. The van der Waals surface area contributed by atoms with Gasteiger partial charge in [-0.15, -0.1) is 11.3 Å². The smallest absolute Gasteiger partial charge is 0.270 e. The number of ether oxygens (including phenoxy) is 1. The molecular weight excluding hydrogens is 336 g/mol. The number of anilines is 1.